The van der Waals surface area contributed by atoms with Crippen molar-refractivity contribution in [3.63, 3.8) is 0 Å². The summed E-state index contributed by atoms with van der Waals surface area (Å²) in [5.41, 5.74) is 5.22. The number of piperazine rings is 1. The van der Waals surface area contributed by atoms with Crippen LogP contribution in [0.15, 0.2) is 54.7 Å². The molecule has 2 heterocycles. The van der Waals surface area contributed by atoms with E-state index in [1.165, 1.54) is 27.6 Å². The molecule has 2 atom stereocenters. The molecule has 2 aromatic carbocycles. The molecule has 2 unspecified atom stereocenters. The Morgan fingerprint density at radius 1 is 1.18 bits per heavy atom. The molecule has 0 aliphatic carbocycles. The van der Waals surface area contributed by atoms with Crippen molar-refractivity contribution in [2.45, 2.75) is 32.4 Å². The van der Waals surface area contributed by atoms with Gasteiger partial charge >= 0.3 is 0 Å². The Hall–Kier alpha value is -1.82. The van der Waals surface area contributed by atoms with E-state index in [-0.39, 0.29) is 0 Å². The predicted molar refractivity (Wildman–Crippen MR) is 125 cm³/mol. The van der Waals surface area contributed by atoms with Crippen LogP contribution in [0.4, 0.5) is 0 Å². The van der Waals surface area contributed by atoms with Gasteiger partial charge in [-0.3, -0.25) is 4.90 Å². The average Bonchev–Trinajstić information content (AvgIpc) is 3.13. The van der Waals surface area contributed by atoms with Crippen molar-refractivity contribution < 1.29 is 0 Å². The minimum absolute atomic E-state index is 0.309. The highest BCUT2D eigenvalue weighted by Crippen LogP contribution is 2.32. The van der Waals surface area contributed by atoms with E-state index in [4.69, 9.17) is 12.2 Å². The molecular formula is C23H27N3S2. The third-order valence-corrected chi connectivity index (χ3v) is 6.46. The van der Waals surface area contributed by atoms with Crippen LogP contribution in [0, 0.1) is 6.92 Å². The fourth-order valence-electron chi connectivity index (χ4n) is 4.31. The Morgan fingerprint density at radius 2 is 1.93 bits per heavy atom. The molecule has 3 nitrogen and oxygen atoms in total. The maximum absolute atomic E-state index is 5.48. The number of para-hydroxylation sites is 1. The Balaban J connectivity index is 1.57. The van der Waals surface area contributed by atoms with Crippen LogP contribution in [-0.4, -0.2) is 44.8 Å². The SMILES string of the molecule is Cc1ccc(CN2CCN(C(=S)S)C(C(C)c3c[nH]c4ccccc34)C2)cc1. The molecule has 1 saturated heterocycles. The number of nitrogens with one attached hydrogen (secondary N) is 1. The summed E-state index contributed by atoms with van der Waals surface area (Å²) in [5, 5.41) is 1.30. The molecule has 1 aliphatic rings. The third-order valence-electron chi connectivity index (χ3n) is 5.96. The van der Waals surface area contributed by atoms with E-state index >= 15 is 0 Å². The number of H-pyrrole nitrogens is 1. The molecule has 5 heteroatoms. The van der Waals surface area contributed by atoms with Gasteiger partial charge in [-0.05, 0) is 24.1 Å². The third kappa shape index (κ3) is 3.97. The summed E-state index contributed by atoms with van der Waals surface area (Å²) in [6.45, 7) is 8.33. The monoisotopic (exact) mass is 409 g/mol. The standard InChI is InChI=1S/C23H27N3S2/c1-16-7-9-18(10-8-16)14-25-11-12-26(23(27)28)22(15-25)17(2)20-13-24-21-6-4-3-5-19(20)21/h3-10,13,17,22,24H,11-12,14-15H2,1-2H3,(H,27,28). The van der Waals surface area contributed by atoms with Crippen molar-refractivity contribution in [1.82, 2.24) is 14.8 Å². The lowest BCUT2D eigenvalue weighted by Gasteiger charge is -2.44. The molecular weight excluding hydrogens is 382 g/mol. The summed E-state index contributed by atoms with van der Waals surface area (Å²) in [6.07, 6.45) is 2.16. The average molecular weight is 410 g/mol. The van der Waals surface area contributed by atoms with Crippen LogP contribution in [0.2, 0.25) is 0 Å². The van der Waals surface area contributed by atoms with E-state index in [9.17, 15) is 0 Å². The molecule has 146 valence electrons. The number of thiocarbonyl (C=S) groups is 1. The highest BCUT2D eigenvalue weighted by molar-refractivity contribution is 8.10. The number of fused-ring (bicyclic) bond motifs is 1. The minimum Gasteiger partial charge on any atom is -0.361 e. The second-order valence-corrected chi connectivity index (χ2v) is 8.96. The Kier molecular flexibility index (Phi) is 5.76. The number of aromatic nitrogens is 1. The maximum atomic E-state index is 5.48. The second kappa shape index (κ2) is 8.27. The molecule has 4 rings (SSSR count). The predicted octanol–water partition coefficient (Wildman–Crippen LogP) is 4.98. The zero-order valence-corrected chi connectivity index (χ0v) is 18.1. The lowest BCUT2D eigenvalue weighted by atomic mass is 9.90. The number of nitrogens with zero attached hydrogens (tertiary/aromatic N) is 2. The number of thiol groups is 1. The van der Waals surface area contributed by atoms with E-state index < -0.39 is 0 Å². The molecule has 3 aromatic rings. The first-order valence-corrected chi connectivity index (χ1v) is 10.7. The normalized spacial score (nSPS) is 19.1. The van der Waals surface area contributed by atoms with Gasteiger partial charge in [0.1, 0.15) is 4.32 Å². The maximum Gasteiger partial charge on any atom is 0.133 e. The molecule has 28 heavy (non-hydrogen) atoms. The van der Waals surface area contributed by atoms with Crippen LogP contribution in [0.25, 0.3) is 10.9 Å². The molecule has 1 fully saturated rings. The van der Waals surface area contributed by atoms with Crippen LogP contribution in [0.1, 0.15) is 29.5 Å². The van der Waals surface area contributed by atoms with Crippen LogP contribution in [-0.2, 0) is 6.54 Å². The van der Waals surface area contributed by atoms with Crippen LogP contribution < -0.4 is 0 Å². The Labute approximate surface area is 178 Å². The van der Waals surface area contributed by atoms with Crippen molar-refractivity contribution in [3.8, 4) is 0 Å². The molecule has 1 N–H and O–H groups in total. The summed E-state index contributed by atoms with van der Waals surface area (Å²) >= 11 is 10.0. The molecule has 1 aliphatic heterocycles. The summed E-state index contributed by atoms with van der Waals surface area (Å²) in [6, 6.07) is 17.7. The molecule has 0 bridgehead atoms. The number of benzene rings is 2. The van der Waals surface area contributed by atoms with E-state index in [1.807, 2.05) is 0 Å². The Bertz CT molecular complexity index is 963. The van der Waals surface area contributed by atoms with Gasteiger partial charge in [-0.1, -0.05) is 67.2 Å². The summed E-state index contributed by atoms with van der Waals surface area (Å²) in [7, 11) is 0. The summed E-state index contributed by atoms with van der Waals surface area (Å²) < 4.78 is 0.701. The number of hydrogen-bond donors (Lipinski definition) is 2. The van der Waals surface area contributed by atoms with E-state index in [0.29, 0.717) is 16.3 Å². The fourth-order valence-corrected chi connectivity index (χ4v) is 4.78. The molecule has 0 amide bonds. The van der Waals surface area contributed by atoms with Gasteiger partial charge in [0.25, 0.3) is 0 Å². The lowest BCUT2D eigenvalue weighted by Crippen LogP contribution is -2.55. The van der Waals surface area contributed by atoms with Crippen molar-refractivity contribution in [1.29, 1.82) is 0 Å². The number of rotatable bonds is 4. The van der Waals surface area contributed by atoms with E-state index in [0.717, 1.165) is 26.2 Å². The van der Waals surface area contributed by atoms with Gasteiger partial charge in [-0.2, -0.15) is 0 Å². The van der Waals surface area contributed by atoms with Crippen molar-refractivity contribution in [2.24, 2.45) is 0 Å². The van der Waals surface area contributed by atoms with Gasteiger partial charge in [-0.25, -0.2) is 0 Å². The topological polar surface area (TPSA) is 22.3 Å². The number of aromatic amines is 1. The second-order valence-electron chi connectivity index (χ2n) is 7.84. The Morgan fingerprint density at radius 3 is 2.68 bits per heavy atom. The zero-order valence-electron chi connectivity index (χ0n) is 16.4. The molecule has 0 radical (unpaired) electrons. The molecule has 0 saturated carbocycles. The van der Waals surface area contributed by atoms with Gasteiger partial charge in [0.2, 0.25) is 0 Å². The van der Waals surface area contributed by atoms with Gasteiger partial charge in [-0.15, -0.1) is 12.6 Å². The quantitative estimate of drug-likeness (QED) is 0.469. The first-order valence-electron chi connectivity index (χ1n) is 9.86. The lowest BCUT2D eigenvalue weighted by molar-refractivity contribution is 0.112. The van der Waals surface area contributed by atoms with Gasteiger partial charge < -0.3 is 9.88 Å². The van der Waals surface area contributed by atoms with Crippen LogP contribution in [0.3, 0.4) is 0 Å². The first-order chi connectivity index (χ1) is 13.5. The van der Waals surface area contributed by atoms with Gasteiger partial charge in [0, 0.05) is 55.2 Å². The van der Waals surface area contributed by atoms with E-state index in [1.54, 1.807) is 0 Å². The smallest absolute Gasteiger partial charge is 0.133 e. The fraction of sp³-hybridized carbons (Fsp3) is 0.348. The highest BCUT2D eigenvalue weighted by Gasteiger charge is 2.33. The molecule has 0 spiro atoms. The van der Waals surface area contributed by atoms with Gasteiger partial charge in [0.05, 0.1) is 0 Å². The van der Waals surface area contributed by atoms with Crippen molar-refractivity contribution >= 4 is 40.1 Å². The largest absolute Gasteiger partial charge is 0.361 e. The van der Waals surface area contributed by atoms with Crippen molar-refractivity contribution in [2.75, 3.05) is 19.6 Å². The van der Waals surface area contributed by atoms with Crippen LogP contribution in [0.5, 0.6) is 0 Å². The zero-order chi connectivity index (χ0) is 19.7. The van der Waals surface area contributed by atoms with Crippen molar-refractivity contribution in [3.05, 3.63) is 71.4 Å². The number of aryl methyl sites for hydroxylation is 1. The first kappa shape index (κ1) is 19.5. The van der Waals surface area contributed by atoms with Gasteiger partial charge in [0.15, 0.2) is 0 Å². The number of hydrogen-bond acceptors (Lipinski definition) is 2. The minimum atomic E-state index is 0.309. The summed E-state index contributed by atoms with van der Waals surface area (Å²) in [5.74, 6) is 0.349. The van der Waals surface area contributed by atoms with E-state index in [2.05, 4.69) is 96.0 Å². The van der Waals surface area contributed by atoms with Crippen LogP contribution >= 0.6 is 24.8 Å². The molecule has 1 aromatic heterocycles. The summed E-state index contributed by atoms with van der Waals surface area (Å²) in [4.78, 5) is 8.27. The highest BCUT2D eigenvalue weighted by atomic mass is 32.1.